The molecule has 0 heterocycles. The predicted molar refractivity (Wildman–Crippen MR) is 42.9 cm³/mol. The van der Waals surface area contributed by atoms with E-state index in [1.165, 1.54) is 5.57 Å². The Hall–Kier alpha value is -0.460. The van der Waals surface area contributed by atoms with Gasteiger partial charge in [-0.15, -0.1) is 0 Å². The fourth-order valence-corrected chi connectivity index (χ4v) is 1.75. The van der Waals surface area contributed by atoms with E-state index in [0.717, 1.165) is 12.8 Å². The topological polar surface area (TPSA) is 20.2 Å². The van der Waals surface area contributed by atoms with Gasteiger partial charge in [0.2, 0.25) is 0 Å². The van der Waals surface area contributed by atoms with Gasteiger partial charge in [-0.1, -0.05) is 13.8 Å². The molecule has 1 nitrogen and oxygen atoms in total. The molecule has 0 saturated carbocycles. The number of aliphatic hydroxyl groups is 1. The molecule has 0 radical (unpaired) electrons. The Labute approximate surface area is 62.8 Å². The van der Waals surface area contributed by atoms with Crippen molar-refractivity contribution in [1.82, 2.24) is 0 Å². The number of rotatable bonds is 1. The van der Waals surface area contributed by atoms with Crippen LogP contribution in [0.15, 0.2) is 11.3 Å². The van der Waals surface area contributed by atoms with Crippen molar-refractivity contribution in [2.45, 2.75) is 33.6 Å². The standard InChI is InChI=1S/C9H16O/c1-6(2)8-4-5-9(10)7(8)3/h6,8,10H,4-5H2,1-3H3. The molecule has 1 N–H and O–H groups in total. The van der Waals surface area contributed by atoms with Gasteiger partial charge < -0.3 is 5.11 Å². The molecule has 0 aromatic carbocycles. The summed E-state index contributed by atoms with van der Waals surface area (Å²) in [5.74, 6) is 1.96. The molecule has 1 aliphatic rings. The monoisotopic (exact) mass is 140 g/mol. The van der Waals surface area contributed by atoms with Crippen LogP contribution in [0.25, 0.3) is 0 Å². The van der Waals surface area contributed by atoms with Crippen molar-refractivity contribution in [2.24, 2.45) is 11.8 Å². The molecule has 0 fully saturated rings. The van der Waals surface area contributed by atoms with Crippen LogP contribution in [0.1, 0.15) is 33.6 Å². The van der Waals surface area contributed by atoms with E-state index in [9.17, 15) is 5.11 Å². The Bertz CT molecular complexity index is 156. The van der Waals surface area contributed by atoms with Gasteiger partial charge in [0.15, 0.2) is 0 Å². The first-order chi connectivity index (χ1) is 4.63. The zero-order valence-electron chi connectivity index (χ0n) is 7.02. The molecule has 1 aliphatic carbocycles. The summed E-state index contributed by atoms with van der Waals surface area (Å²) in [5.41, 5.74) is 1.22. The Balaban J connectivity index is 2.68. The Kier molecular flexibility index (Phi) is 2.02. The van der Waals surface area contributed by atoms with Gasteiger partial charge >= 0.3 is 0 Å². The highest BCUT2D eigenvalue weighted by molar-refractivity contribution is 5.15. The first kappa shape index (κ1) is 7.64. The van der Waals surface area contributed by atoms with Crippen LogP contribution in [0.4, 0.5) is 0 Å². The maximum absolute atomic E-state index is 9.30. The lowest BCUT2D eigenvalue weighted by molar-refractivity contribution is 0.393. The van der Waals surface area contributed by atoms with Crippen molar-refractivity contribution in [1.29, 1.82) is 0 Å². The zero-order chi connectivity index (χ0) is 7.72. The summed E-state index contributed by atoms with van der Waals surface area (Å²) in [6, 6.07) is 0. The molecule has 1 rings (SSSR count). The molecule has 58 valence electrons. The highest BCUT2D eigenvalue weighted by Gasteiger charge is 2.23. The van der Waals surface area contributed by atoms with Crippen molar-refractivity contribution in [3.63, 3.8) is 0 Å². The third kappa shape index (κ3) is 1.18. The second-order valence-corrected chi connectivity index (χ2v) is 3.52. The minimum atomic E-state index is 0.638. The lowest BCUT2D eigenvalue weighted by atomic mass is 9.90. The molecular weight excluding hydrogens is 124 g/mol. The largest absolute Gasteiger partial charge is 0.512 e. The van der Waals surface area contributed by atoms with Crippen molar-refractivity contribution < 1.29 is 5.11 Å². The van der Waals surface area contributed by atoms with Crippen LogP contribution in [0.5, 0.6) is 0 Å². The van der Waals surface area contributed by atoms with Crippen LogP contribution in [0.3, 0.4) is 0 Å². The van der Waals surface area contributed by atoms with Gasteiger partial charge in [0, 0.05) is 6.42 Å². The van der Waals surface area contributed by atoms with E-state index >= 15 is 0 Å². The Morgan fingerprint density at radius 1 is 1.50 bits per heavy atom. The van der Waals surface area contributed by atoms with Crippen LogP contribution >= 0.6 is 0 Å². The number of hydrogen-bond acceptors (Lipinski definition) is 1. The first-order valence-electron chi connectivity index (χ1n) is 4.01. The van der Waals surface area contributed by atoms with Gasteiger partial charge in [-0.3, -0.25) is 0 Å². The molecule has 0 spiro atoms. The van der Waals surface area contributed by atoms with Crippen molar-refractivity contribution in [3.05, 3.63) is 11.3 Å². The molecule has 1 atom stereocenters. The number of aliphatic hydroxyl groups excluding tert-OH is 1. The van der Waals surface area contributed by atoms with E-state index in [1.807, 2.05) is 6.92 Å². The quantitative estimate of drug-likeness (QED) is 0.593. The third-order valence-electron chi connectivity index (χ3n) is 2.51. The smallest absolute Gasteiger partial charge is 0.0914 e. The van der Waals surface area contributed by atoms with Crippen LogP contribution in [0.2, 0.25) is 0 Å². The fraction of sp³-hybridized carbons (Fsp3) is 0.778. The van der Waals surface area contributed by atoms with E-state index in [-0.39, 0.29) is 0 Å². The van der Waals surface area contributed by atoms with Crippen molar-refractivity contribution in [2.75, 3.05) is 0 Å². The summed E-state index contributed by atoms with van der Waals surface area (Å²) in [4.78, 5) is 0. The van der Waals surface area contributed by atoms with Gasteiger partial charge in [0.1, 0.15) is 0 Å². The van der Waals surface area contributed by atoms with Crippen LogP contribution in [0, 0.1) is 11.8 Å². The number of allylic oxidation sites excluding steroid dienone is 2. The minimum absolute atomic E-state index is 0.638. The van der Waals surface area contributed by atoms with Gasteiger partial charge in [0.25, 0.3) is 0 Å². The summed E-state index contributed by atoms with van der Waals surface area (Å²) >= 11 is 0. The van der Waals surface area contributed by atoms with Gasteiger partial charge in [-0.2, -0.15) is 0 Å². The van der Waals surface area contributed by atoms with Gasteiger partial charge in [-0.25, -0.2) is 0 Å². The Morgan fingerprint density at radius 2 is 2.10 bits per heavy atom. The first-order valence-corrected chi connectivity index (χ1v) is 4.01. The average Bonchev–Trinajstić information content (AvgIpc) is 2.14. The third-order valence-corrected chi connectivity index (χ3v) is 2.51. The van der Waals surface area contributed by atoms with Gasteiger partial charge in [0.05, 0.1) is 5.76 Å². The van der Waals surface area contributed by atoms with Crippen LogP contribution in [-0.2, 0) is 0 Å². The second kappa shape index (κ2) is 2.65. The highest BCUT2D eigenvalue weighted by Crippen LogP contribution is 2.34. The van der Waals surface area contributed by atoms with Gasteiger partial charge in [-0.05, 0) is 30.8 Å². The molecule has 0 aromatic rings. The van der Waals surface area contributed by atoms with E-state index in [4.69, 9.17) is 0 Å². The van der Waals surface area contributed by atoms with Crippen molar-refractivity contribution in [3.8, 4) is 0 Å². The zero-order valence-corrected chi connectivity index (χ0v) is 7.02. The summed E-state index contributed by atoms with van der Waals surface area (Å²) in [7, 11) is 0. The van der Waals surface area contributed by atoms with Crippen LogP contribution in [-0.4, -0.2) is 5.11 Å². The maximum Gasteiger partial charge on any atom is 0.0914 e. The summed E-state index contributed by atoms with van der Waals surface area (Å²) < 4.78 is 0. The lowest BCUT2D eigenvalue weighted by Gasteiger charge is -2.14. The summed E-state index contributed by atoms with van der Waals surface area (Å²) in [6.07, 6.45) is 2.05. The molecule has 0 bridgehead atoms. The van der Waals surface area contributed by atoms with E-state index in [1.54, 1.807) is 0 Å². The molecular formula is C9H16O. The second-order valence-electron chi connectivity index (χ2n) is 3.52. The molecule has 0 amide bonds. The predicted octanol–water partition coefficient (Wildman–Crippen LogP) is 2.88. The summed E-state index contributed by atoms with van der Waals surface area (Å²) in [5, 5.41) is 9.30. The molecule has 0 saturated heterocycles. The SMILES string of the molecule is CC1=C(O)CCC1C(C)C. The average molecular weight is 140 g/mol. The van der Waals surface area contributed by atoms with Crippen molar-refractivity contribution >= 4 is 0 Å². The minimum Gasteiger partial charge on any atom is -0.512 e. The fourth-order valence-electron chi connectivity index (χ4n) is 1.75. The highest BCUT2D eigenvalue weighted by atomic mass is 16.3. The lowest BCUT2D eigenvalue weighted by Crippen LogP contribution is -2.05. The Morgan fingerprint density at radius 3 is 2.30 bits per heavy atom. The number of hydrogen-bond donors (Lipinski definition) is 1. The van der Waals surface area contributed by atoms with E-state index in [2.05, 4.69) is 13.8 Å². The van der Waals surface area contributed by atoms with E-state index < -0.39 is 0 Å². The molecule has 10 heavy (non-hydrogen) atoms. The normalized spacial score (nSPS) is 26.6. The molecule has 0 aliphatic heterocycles. The summed E-state index contributed by atoms with van der Waals surface area (Å²) in [6.45, 7) is 6.48. The maximum atomic E-state index is 9.30. The van der Waals surface area contributed by atoms with Crippen LogP contribution < -0.4 is 0 Å². The molecule has 1 heteroatoms. The molecule has 1 unspecified atom stereocenters. The van der Waals surface area contributed by atoms with E-state index in [0.29, 0.717) is 17.6 Å². The molecule has 0 aromatic heterocycles.